The van der Waals surface area contributed by atoms with Crippen LogP contribution in [0.15, 0.2) is 18.7 Å². The number of piperazine rings is 1. The number of hydrogen-bond donors (Lipinski definition) is 2. The van der Waals surface area contributed by atoms with Gasteiger partial charge in [0.1, 0.15) is 12.2 Å². The Hall–Kier alpha value is -2.22. The minimum Gasteiger partial charge on any atom is -0.340 e. The average molecular weight is 303 g/mol. The van der Waals surface area contributed by atoms with Gasteiger partial charge < -0.3 is 4.90 Å². The van der Waals surface area contributed by atoms with Gasteiger partial charge in [-0.25, -0.2) is 4.98 Å². The molecule has 3 rings (SSSR count). The lowest BCUT2D eigenvalue weighted by molar-refractivity contribution is -0.133. The van der Waals surface area contributed by atoms with Crippen LogP contribution in [-0.4, -0.2) is 67.3 Å². The summed E-state index contributed by atoms with van der Waals surface area (Å²) in [7, 11) is 0. The van der Waals surface area contributed by atoms with E-state index < -0.39 is 0 Å². The van der Waals surface area contributed by atoms with Gasteiger partial charge in [-0.2, -0.15) is 10.2 Å². The van der Waals surface area contributed by atoms with Crippen molar-refractivity contribution in [3.63, 3.8) is 0 Å². The summed E-state index contributed by atoms with van der Waals surface area (Å²) >= 11 is 0. The van der Waals surface area contributed by atoms with Gasteiger partial charge in [-0.3, -0.25) is 19.9 Å². The van der Waals surface area contributed by atoms with E-state index in [-0.39, 0.29) is 5.91 Å². The van der Waals surface area contributed by atoms with Crippen LogP contribution in [-0.2, 0) is 17.8 Å². The number of nitrogens with zero attached hydrogens (tertiary/aromatic N) is 5. The minimum atomic E-state index is 0.253. The van der Waals surface area contributed by atoms with Crippen LogP contribution in [0, 0.1) is 0 Å². The first kappa shape index (κ1) is 14.7. The van der Waals surface area contributed by atoms with E-state index in [1.807, 2.05) is 17.3 Å². The molecule has 1 fully saturated rings. The smallest absolute Gasteiger partial charge is 0.222 e. The topological polar surface area (TPSA) is 93.8 Å². The molecule has 1 aliphatic rings. The van der Waals surface area contributed by atoms with Crippen molar-refractivity contribution in [3.8, 4) is 0 Å². The van der Waals surface area contributed by atoms with E-state index in [0.29, 0.717) is 6.42 Å². The van der Waals surface area contributed by atoms with E-state index >= 15 is 0 Å². The number of aromatic nitrogens is 5. The van der Waals surface area contributed by atoms with Crippen molar-refractivity contribution in [1.29, 1.82) is 0 Å². The van der Waals surface area contributed by atoms with E-state index in [1.54, 1.807) is 0 Å². The van der Waals surface area contributed by atoms with Gasteiger partial charge in [-0.15, -0.1) is 0 Å². The Balaban J connectivity index is 1.36. The van der Waals surface area contributed by atoms with Crippen molar-refractivity contribution in [2.24, 2.45) is 0 Å². The molecule has 22 heavy (non-hydrogen) atoms. The zero-order chi connectivity index (χ0) is 15.2. The van der Waals surface area contributed by atoms with Crippen LogP contribution in [0.25, 0.3) is 0 Å². The molecular formula is C14H21N7O. The first-order chi connectivity index (χ1) is 10.8. The number of rotatable bonds is 6. The van der Waals surface area contributed by atoms with E-state index in [1.165, 1.54) is 6.33 Å². The molecule has 1 saturated heterocycles. The molecule has 0 saturated carbocycles. The Labute approximate surface area is 128 Å². The van der Waals surface area contributed by atoms with Crippen LogP contribution >= 0.6 is 0 Å². The standard InChI is InChI=1S/C14H21N7O/c22-14(3-1-2-12-8-16-17-9-12)21-6-4-20(5-7-21)10-13-15-11-18-19-13/h8-9,11H,1-7,10H2,(H,16,17)(H,15,18,19). The number of H-pyrrole nitrogens is 2. The number of amides is 1. The summed E-state index contributed by atoms with van der Waals surface area (Å²) < 4.78 is 0. The summed E-state index contributed by atoms with van der Waals surface area (Å²) in [5, 5.41) is 13.4. The summed E-state index contributed by atoms with van der Waals surface area (Å²) in [4.78, 5) is 20.6. The van der Waals surface area contributed by atoms with Gasteiger partial charge in [0.25, 0.3) is 0 Å². The zero-order valence-electron chi connectivity index (χ0n) is 12.5. The molecule has 0 spiro atoms. The second-order valence-electron chi connectivity index (χ2n) is 5.55. The third kappa shape index (κ3) is 3.91. The van der Waals surface area contributed by atoms with Gasteiger partial charge in [-0.05, 0) is 18.4 Å². The lowest BCUT2D eigenvalue weighted by Crippen LogP contribution is -2.48. The highest BCUT2D eigenvalue weighted by molar-refractivity contribution is 5.76. The fraction of sp³-hybridized carbons (Fsp3) is 0.571. The van der Waals surface area contributed by atoms with E-state index in [9.17, 15) is 4.79 Å². The van der Waals surface area contributed by atoms with Crippen LogP contribution in [0.2, 0.25) is 0 Å². The molecule has 0 unspecified atom stereocenters. The quantitative estimate of drug-likeness (QED) is 0.795. The molecule has 0 bridgehead atoms. The average Bonchev–Trinajstić information content (AvgIpc) is 3.21. The maximum absolute atomic E-state index is 12.2. The van der Waals surface area contributed by atoms with Crippen molar-refractivity contribution < 1.29 is 4.79 Å². The summed E-state index contributed by atoms with van der Waals surface area (Å²) in [6.45, 7) is 4.11. The highest BCUT2D eigenvalue weighted by atomic mass is 16.2. The first-order valence-corrected chi connectivity index (χ1v) is 7.63. The third-order valence-corrected chi connectivity index (χ3v) is 3.97. The minimum absolute atomic E-state index is 0.253. The Morgan fingerprint density at radius 2 is 2.09 bits per heavy atom. The van der Waals surface area contributed by atoms with Crippen molar-refractivity contribution in [2.75, 3.05) is 26.2 Å². The van der Waals surface area contributed by atoms with Crippen LogP contribution in [0.3, 0.4) is 0 Å². The molecular weight excluding hydrogens is 282 g/mol. The second kappa shape index (κ2) is 7.17. The molecule has 0 aromatic carbocycles. The predicted octanol–water partition coefficient (Wildman–Crippen LogP) is 0.195. The highest BCUT2D eigenvalue weighted by Crippen LogP contribution is 2.09. The van der Waals surface area contributed by atoms with Gasteiger partial charge >= 0.3 is 0 Å². The monoisotopic (exact) mass is 303 g/mol. The second-order valence-corrected chi connectivity index (χ2v) is 5.55. The van der Waals surface area contributed by atoms with Crippen molar-refractivity contribution in [2.45, 2.75) is 25.8 Å². The summed E-state index contributed by atoms with van der Waals surface area (Å²) in [5.74, 6) is 1.13. The molecule has 1 aliphatic heterocycles. The number of aromatic amines is 2. The SMILES string of the molecule is O=C(CCCc1cn[nH]c1)N1CCN(Cc2ncn[nH]2)CC1. The number of hydrogen-bond acceptors (Lipinski definition) is 5. The van der Waals surface area contributed by atoms with Crippen LogP contribution in [0.1, 0.15) is 24.2 Å². The molecule has 0 atom stereocenters. The molecule has 1 amide bonds. The number of nitrogens with one attached hydrogen (secondary N) is 2. The molecule has 8 heteroatoms. The lowest BCUT2D eigenvalue weighted by Gasteiger charge is -2.34. The number of carbonyl (C=O) groups excluding carboxylic acids is 1. The van der Waals surface area contributed by atoms with Crippen LogP contribution in [0.4, 0.5) is 0 Å². The first-order valence-electron chi connectivity index (χ1n) is 7.63. The molecule has 3 heterocycles. The van der Waals surface area contributed by atoms with Gasteiger partial charge in [0.2, 0.25) is 5.91 Å². The van der Waals surface area contributed by atoms with E-state index in [0.717, 1.165) is 57.0 Å². The van der Waals surface area contributed by atoms with Gasteiger partial charge in [0.05, 0.1) is 12.7 Å². The van der Waals surface area contributed by atoms with Gasteiger partial charge in [0, 0.05) is 38.8 Å². The van der Waals surface area contributed by atoms with Crippen molar-refractivity contribution in [1.82, 2.24) is 35.2 Å². The van der Waals surface area contributed by atoms with Crippen molar-refractivity contribution in [3.05, 3.63) is 30.1 Å². The number of aryl methyl sites for hydroxylation is 1. The third-order valence-electron chi connectivity index (χ3n) is 3.97. The van der Waals surface area contributed by atoms with Crippen LogP contribution in [0.5, 0.6) is 0 Å². The Morgan fingerprint density at radius 1 is 1.23 bits per heavy atom. The van der Waals surface area contributed by atoms with Gasteiger partial charge in [-0.1, -0.05) is 0 Å². The van der Waals surface area contributed by atoms with E-state index in [2.05, 4.69) is 30.3 Å². The molecule has 2 aromatic heterocycles. The fourth-order valence-corrected chi connectivity index (χ4v) is 2.69. The molecule has 0 aliphatic carbocycles. The van der Waals surface area contributed by atoms with E-state index in [4.69, 9.17) is 0 Å². The van der Waals surface area contributed by atoms with Gasteiger partial charge in [0.15, 0.2) is 0 Å². The van der Waals surface area contributed by atoms with Crippen molar-refractivity contribution >= 4 is 5.91 Å². The Morgan fingerprint density at radius 3 is 2.77 bits per heavy atom. The summed E-state index contributed by atoms with van der Waals surface area (Å²) in [6, 6.07) is 0. The van der Waals surface area contributed by atoms with Crippen LogP contribution < -0.4 is 0 Å². The molecule has 2 aromatic rings. The molecule has 2 N–H and O–H groups in total. The maximum Gasteiger partial charge on any atom is 0.222 e. The Kier molecular flexibility index (Phi) is 4.79. The predicted molar refractivity (Wildman–Crippen MR) is 79.8 cm³/mol. The maximum atomic E-state index is 12.2. The normalized spacial score (nSPS) is 16.1. The Bertz CT molecular complexity index is 558. The summed E-state index contributed by atoms with van der Waals surface area (Å²) in [6.07, 6.45) is 7.59. The molecule has 118 valence electrons. The largest absolute Gasteiger partial charge is 0.340 e. The fourth-order valence-electron chi connectivity index (χ4n) is 2.69. The summed E-state index contributed by atoms with van der Waals surface area (Å²) in [5.41, 5.74) is 1.16. The number of carbonyl (C=O) groups is 1. The zero-order valence-corrected chi connectivity index (χ0v) is 12.5. The highest BCUT2D eigenvalue weighted by Gasteiger charge is 2.21. The molecule has 0 radical (unpaired) electrons. The molecule has 8 nitrogen and oxygen atoms in total. The lowest BCUT2D eigenvalue weighted by atomic mass is 10.1.